The van der Waals surface area contributed by atoms with E-state index < -0.39 is 23.6 Å². The van der Waals surface area contributed by atoms with E-state index in [4.69, 9.17) is 0 Å². The summed E-state index contributed by atoms with van der Waals surface area (Å²) < 4.78 is 29.2. The summed E-state index contributed by atoms with van der Waals surface area (Å²) in [6.45, 7) is 6.51. The van der Waals surface area contributed by atoms with Gasteiger partial charge < -0.3 is 15.5 Å². The number of hydrogen-bond acceptors (Lipinski definition) is 4. The summed E-state index contributed by atoms with van der Waals surface area (Å²) in [4.78, 5) is 39.2. The molecular formula is C24H37F2N3O3. The Labute approximate surface area is 191 Å². The van der Waals surface area contributed by atoms with E-state index in [0.717, 1.165) is 18.9 Å². The van der Waals surface area contributed by atoms with Crippen LogP contribution in [0.2, 0.25) is 0 Å². The molecule has 0 radical (unpaired) electrons. The maximum atomic E-state index is 14.7. The van der Waals surface area contributed by atoms with Gasteiger partial charge in [0.15, 0.2) is 5.78 Å². The van der Waals surface area contributed by atoms with Gasteiger partial charge in [-0.25, -0.2) is 8.78 Å². The van der Waals surface area contributed by atoms with E-state index in [1.807, 2.05) is 0 Å². The topological polar surface area (TPSA) is 78.5 Å². The first kappa shape index (κ1) is 24.3. The molecule has 1 saturated carbocycles. The molecule has 6 nitrogen and oxygen atoms in total. The molecule has 180 valence electrons. The van der Waals surface area contributed by atoms with E-state index in [0.29, 0.717) is 32.0 Å². The van der Waals surface area contributed by atoms with E-state index in [2.05, 4.69) is 10.6 Å². The van der Waals surface area contributed by atoms with E-state index in [-0.39, 0.29) is 50.5 Å². The van der Waals surface area contributed by atoms with Gasteiger partial charge in [0.2, 0.25) is 5.91 Å². The normalized spacial score (nSPS) is 19.7. The standard InChI is InChI=1S/C24H33F2N3O3.2H2/c1-4-21(30)23(14(2)3)28-24(32)18-10-17(19(25)11-20(18)26)15-6-5-9-29(13-15)22(31)12-27-16-7-8-16;;/h10-11,14-16,23,27H,4-9,12-13H2,1-3H3,(H,28,32);2*1H/t15?,23-;;/m1../s1. The van der Waals surface area contributed by atoms with Crippen LogP contribution in [0, 0.1) is 17.6 Å². The lowest BCUT2D eigenvalue weighted by molar-refractivity contribution is -0.131. The number of ketones is 1. The third kappa shape index (κ3) is 5.91. The number of benzene rings is 1. The lowest BCUT2D eigenvalue weighted by Crippen LogP contribution is -2.45. The second-order valence-corrected chi connectivity index (χ2v) is 9.20. The molecule has 1 aromatic rings. The van der Waals surface area contributed by atoms with Crippen LogP contribution >= 0.6 is 0 Å². The molecule has 2 fully saturated rings. The largest absolute Gasteiger partial charge is 0.342 e. The van der Waals surface area contributed by atoms with Crippen molar-refractivity contribution in [2.24, 2.45) is 5.92 Å². The molecule has 1 heterocycles. The average Bonchev–Trinajstić information content (AvgIpc) is 3.59. The van der Waals surface area contributed by atoms with Crippen LogP contribution in [0.25, 0.3) is 0 Å². The Morgan fingerprint density at radius 3 is 2.50 bits per heavy atom. The number of likely N-dealkylation sites (tertiary alicyclic amines) is 1. The van der Waals surface area contributed by atoms with Crippen molar-refractivity contribution in [3.63, 3.8) is 0 Å². The van der Waals surface area contributed by atoms with Crippen LogP contribution in [0.4, 0.5) is 8.78 Å². The van der Waals surface area contributed by atoms with Gasteiger partial charge in [-0.15, -0.1) is 0 Å². The molecular weight excluding hydrogens is 416 g/mol. The maximum absolute atomic E-state index is 14.7. The Kier molecular flexibility index (Phi) is 7.98. The Morgan fingerprint density at radius 2 is 1.88 bits per heavy atom. The van der Waals surface area contributed by atoms with Gasteiger partial charge in [0.25, 0.3) is 5.91 Å². The third-order valence-corrected chi connectivity index (χ3v) is 6.31. The molecule has 0 bridgehead atoms. The van der Waals surface area contributed by atoms with Gasteiger partial charge in [-0.3, -0.25) is 14.4 Å². The lowest BCUT2D eigenvalue weighted by Gasteiger charge is -2.33. The number of nitrogens with one attached hydrogen (secondary N) is 2. The zero-order chi connectivity index (χ0) is 23.4. The lowest BCUT2D eigenvalue weighted by atomic mass is 9.88. The van der Waals surface area contributed by atoms with Crippen molar-refractivity contribution in [1.82, 2.24) is 15.5 Å². The number of piperidine rings is 1. The highest BCUT2D eigenvalue weighted by atomic mass is 19.1. The molecule has 3 rings (SSSR count). The first-order valence-electron chi connectivity index (χ1n) is 11.5. The summed E-state index contributed by atoms with van der Waals surface area (Å²) in [6, 6.07) is 1.66. The van der Waals surface area contributed by atoms with Crippen LogP contribution in [0.5, 0.6) is 0 Å². The van der Waals surface area contributed by atoms with E-state index in [9.17, 15) is 23.2 Å². The Bertz CT molecular complexity index is 881. The molecule has 0 aromatic heterocycles. The van der Waals surface area contributed by atoms with Crippen LogP contribution in [-0.2, 0) is 9.59 Å². The number of rotatable bonds is 9. The molecule has 2 atom stereocenters. The monoisotopic (exact) mass is 453 g/mol. The molecule has 32 heavy (non-hydrogen) atoms. The van der Waals surface area contributed by atoms with Gasteiger partial charge in [0.05, 0.1) is 18.2 Å². The SMILES string of the molecule is CCC(=O)[C@H](NC(=O)c1cc(C2CCCN(C(=O)CNC3CC3)C2)c(F)cc1F)C(C)C.[HH].[HH]. The van der Waals surface area contributed by atoms with E-state index >= 15 is 0 Å². The van der Waals surface area contributed by atoms with E-state index in [1.54, 1.807) is 25.7 Å². The summed E-state index contributed by atoms with van der Waals surface area (Å²) in [5.74, 6) is -3.07. The predicted molar refractivity (Wildman–Crippen MR) is 122 cm³/mol. The summed E-state index contributed by atoms with van der Waals surface area (Å²) in [5, 5.41) is 5.81. The maximum Gasteiger partial charge on any atom is 0.254 e. The van der Waals surface area contributed by atoms with Gasteiger partial charge in [-0.2, -0.15) is 0 Å². The summed E-state index contributed by atoms with van der Waals surface area (Å²) >= 11 is 0. The fourth-order valence-corrected chi connectivity index (χ4v) is 4.20. The van der Waals surface area contributed by atoms with Crippen LogP contribution < -0.4 is 10.6 Å². The molecule has 8 heteroatoms. The number of hydrogen-bond donors (Lipinski definition) is 2. The Hall–Kier alpha value is -2.35. The quantitative estimate of drug-likeness (QED) is 0.598. The minimum absolute atomic E-state index is 0. The molecule has 1 saturated heterocycles. The summed E-state index contributed by atoms with van der Waals surface area (Å²) in [7, 11) is 0. The minimum Gasteiger partial charge on any atom is -0.342 e. The Balaban J connectivity index is 0.00000289. The number of amides is 2. The molecule has 2 aliphatic rings. The van der Waals surface area contributed by atoms with Crippen molar-refractivity contribution < 1.29 is 26.0 Å². The van der Waals surface area contributed by atoms with Crippen molar-refractivity contribution in [1.29, 1.82) is 0 Å². The van der Waals surface area contributed by atoms with Crippen LogP contribution in [0.1, 0.15) is 77.6 Å². The zero-order valence-corrected chi connectivity index (χ0v) is 19.0. The summed E-state index contributed by atoms with van der Waals surface area (Å²) in [6.07, 6.45) is 3.78. The number of Topliss-reactive ketones (excluding diaryl/α,β-unsaturated/α-hetero) is 1. The highest BCUT2D eigenvalue weighted by Gasteiger charge is 2.30. The highest BCUT2D eigenvalue weighted by molar-refractivity contribution is 5.98. The fourth-order valence-electron chi connectivity index (χ4n) is 4.20. The smallest absolute Gasteiger partial charge is 0.254 e. The van der Waals surface area contributed by atoms with Crippen molar-refractivity contribution in [3.8, 4) is 0 Å². The first-order chi connectivity index (χ1) is 15.2. The zero-order valence-electron chi connectivity index (χ0n) is 19.0. The second-order valence-electron chi connectivity index (χ2n) is 9.20. The van der Waals surface area contributed by atoms with Crippen molar-refractivity contribution in [2.75, 3.05) is 19.6 Å². The van der Waals surface area contributed by atoms with Crippen molar-refractivity contribution in [3.05, 3.63) is 34.9 Å². The highest BCUT2D eigenvalue weighted by Crippen LogP contribution is 2.31. The van der Waals surface area contributed by atoms with Gasteiger partial charge in [-0.05, 0) is 43.2 Å². The van der Waals surface area contributed by atoms with Crippen LogP contribution in [0.15, 0.2) is 12.1 Å². The number of nitrogens with zero attached hydrogens (tertiary/aromatic N) is 1. The molecule has 0 spiro atoms. The molecule has 1 aliphatic carbocycles. The first-order valence-corrected chi connectivity index (χ1v) is 11.5. The molecule has 1 aliphatic heterocycles. The van der Waals surface area contributed by atoms with Crippen LogP contribution in [-0.4, -0.2) is 54.2 Å². The molecule has 1 aromatic carbocycles. The third-order valence-electron chi connectivity index (χ3n) is 6.31. The van der Waals surface area contributed by atoms with Gasteiger partial charge in [0.1, 0.15) is 11.6 Å². The van der Waals surface area contributed by atoms with Crippen LogP contribution in [0.3, 0.4) is 0 Å². The number of carbonyl (C=O) groups excluding carboxylic acids is 3. The Morgan fingerprint density at radius 1 is 1.16 bits per heavy atom. The average molecular weight is 454 g/mol. The predicted octanol–water partition coefficient (Wildman–Crippen LogP) is 3.65. The van der Waals surface area contributed by atoms with Gasteiger partial charge in [0, 0.05) is 40.4 Å². The summed E-state index contributed by atoms with van der Waals surface area (Å²) in [5.41, 5.74) is -0.0538. The van der Waals surface area contributed by atoms with Gasteiger partial charge >= 0.3 is 0 Å². The fraction of sp³-hybridized carbons (Fsp3) is 0.625. The van der Waals surface area contributed by atoms with Crippen molar-refractivity contribution >= 4 is 17.6 Å². The number of carbonyl (C=O) groups is 3. The molecule has 1 unspecified atom stereocenters. The van der Waals surface area contributed by atoms with Gasteiger partial charge in [-0.1, -0.05) is 20.8 Å². The number of halogens is 2. The van der Waals surface area contributed by atoms with E-state index in [1.165, 1.54) is 6.07 Å². The molecule has 2 amide bonds. The second kappa shape index (κ2) is 10.5. The van der Waals surface area contributed by atoms with Crippen molar-refractivity contribution in [2.45, 2.75) is 70.9 Å². The molecule has 2 N–H and O–H groups in total. The minimum atomic E-state index is -0.965.